The van der Waals surface area contributed by atoms with Crippen molar-refractivity contribution in [3.63, 3.8) is 0 Å². The van der Waals surface area contributed by atoms with Crippen LogP contribution in [0.3, 0.4) is 0 Å². The first-order chi connectivity index (χ1) is 8.91. The maximum absolute atomic E-state index is 12.2. The van der Waals surface area contributed by atoms with Crippen LogP contribution in [0, 0.1) is 11.3 Å². The Hall–Kier alpha value is -2.04. The molecule has 2 aromatic carbocycles. The number of anilines is 1. The van der Waals surface area contributed by atoms with E-state index < -0.39 is 7.14 Å². The lowest BCUT2D eigenvalue weighted by Crippen LogP contribution is -2.09. The molecule has 0 aromatic heterocycles. The molecule has 0 aliphatic rings. The molecule has 3 nitrogen and oxygen atoms in total. The standard InChI is InChI=1S/C15H15N2OP/c1-19(2,18)15-9-13(7-8-14(15)17)12-5-3-11(10-16)4-6-12/h3-9H,17H2,1-2H3. The summed E-state index contributed by atoms with van der Waals surface area (Å²) in [4.78, 5) is 0. The highest BCUT2D eigenvalue weighted by atomic mass is 31.2. The summed E-state index contributed by atoms with van der Waals surface area (Å²) in [5, 5.41) is 9.49. The van der Waals surface area contributed by atoms with E-state index in [1.807, 2.05) is 24.3 Å². The molecule has 0 spiro atoms. The van der Waals surface area contributed by atoms with E-state index in [4.69, 9.17) is 11.0 Å². The molecule has 19 heavy (non-hydrogen) atoms. The molecule has 4 heteroatoms. The van der Waals surface area contributed by atoms with E-state index in [0.29, 0.717) is 16.6 Å². The Kier molecular flexibility index (Phi) is 3.46. The Labute approximate surface area is 113 Å². The normalized spacial score (nSPS) is 11.0. The second kappa shape index (κ2) is 4.91. The molecule has 0 radical (unpaired) electrons. The molecule has 0 atom stereocenters. The number of benzene rings is 2. The highest BCUT2D eigenvalue weighted by molar-refractivity contribution is 7.70. The first-order valence-electron chi connectivity index (χ1n) is 5.87. The van der Waals surface area contributed by atoms with Gasteiger partial charge in [-0.2, -0.15) is 5.26 Å². The van der Waals surface area contributed by atoms with Gasteiger partial charge < -0.3 is 10.3 Å². The average molecular weight is 270 g/mol. The summed E-state index contributed by atoms with van der Waals surface area (Å²) < 4.78 is 12.2. The Balaban J connectivity index is 2.52. The molecule has 0 amide bonds. The van der Waals surface area contributed by atoms with Gasteiger partial charge in [0.25, 0.3) is 0 Å². The number of nitrogens with two attached hydrogens (primary N) is 1. The summed E-state index contributed by atoms with van der Waals surface area (Å²) in [7, 11) is -2.40. The molecule has 0 saturated carbocycles. The maximum Gasteiger partial charge on any atom is 0.111 e. The minimum atomic E-state index is -2.40. The van der Waals surface area contributed by atoms with Gasteiger partial charge >= 0.3 is 0 Å². The summed E-state index contributed by atoms with van der Waals surface area (Å²) >= 11 is 0. The van der Waals surface area contributed by atoms with Gasteiger partial charge in [-0.15, -0.1) is 0 Å². The smallest absolute Gasteiger partial charge is 0.111 e. The Bertz CT molecular complexity index is 693. The molecule has 0 aliphatic carbocycles. The van der Waals surface area contributed by atoms with Crippen LogP contribution in [0.1, 0.15) is 5.56 Å². The molecule has 0 bridgehead atoms. The van der Waals surface area contributed by atoms with Crippen LogP contribution in [0.15, 0.2) is 42.5 Å². The second-order valence-corrected chi connectivity index (χ2v) is 8.00. The van der Waals surface area contributed by atoms with Crippen LogP contribution in [-0.4, -0.2) is 13.3 Å². The van der Waals surface area contributed by atoms with Crippen molar-refractivity contribution < 1.29 is 4.57 Å². The van der Waals surface area contributed by atoms with E-state index >= 15 is 0 Å². The van der Waals surface area contributed by atoms with Gasteiger partial charge in [-0.25, -0.2) is 0 Å². The topological polar surface area (TPSA) is 66.9 Å². The summed E-state index contributed by atoms with van der Waals surface area (Å²) in [5.74, 6) is 0. The maximum atomic E-state index is 12.2. The van der Waals surface area contributed by atoms with Crippen molar-refractivity contribution >= 4 is 18.1 Å². The first kappa shape index (κ1) is 13.4. The zero-order valence-electron chi connectivity index (χ0n) is 10.9. The molecular weight excluding hydrogens is 255 g/mol. The van der Waals surface area contributed by atoms with Crippen molar-refractivity contribution in [2.75, 3.05) is 19.1 Å². The third-order valence-corrected chi connectivity index (χ3v) is 4.51. The van der Waals surface area contributed by atoms with Crippen LogP contribution >= 0.6 is 7.14 Å². The Morgan fingerprint density at radius 1 is 1.05 bits per heavy atom. The highest BCUT2D eigenvalue weighted by Gasteiger charge is 2.15. The lowest BCUT2D eigenvalue weighted by atomic mass is 10.0. The van der Waals surface area contributed by atoms with Crippen LogP contribution in [-0.2, 0) is 4.57 Å². The quantitative estimate of drug-likeness (QED) is 0.673. The van der Waals surface area contributed by atoms with Gasteiger partial charge in [-0.05, 0) is 48.7 Å². The molecule has 0 aliphatic heterocycles. The minimum absolute atomic E-state index is 0.561. The van der Waals surface area contributed by atoms with Gasteiger partial charge in [-0.1, -0.05) is 18.2 Å². The summed E-state index contributed by atoms with van der Waals surface area (Å²) in [6.07, 6.45) is 0. The van der Waals surface area contributed by atoms with Crippen molar-refractivity contribution in [3.8, 4) is 17.2 Å². The number of hydrogen-bond donors (Lipinski definition) is 1. The summed E-state index contributed by atoms with van der Waals surface area (Å²) in [6, 6.07) is 14.9. The van der Waals surface area contributed by atoms with Gasteiger partial charge in [0.2, 0.25) is 0 Å². The van der Waals surface area contributed by atoms with Crippen molar-refractivity contribution in [1.29, 1.82) is 5.26 Å². The predicted octanol–water partition coefficient (Wildman–Crippen LogP) is 3.06. The van der Waals surface area contributed by atoms with E-state index in [0.717, 1.165) is 11.1 Å². The van der Waals surface area contributed by atoms with Crippen LogP contribution < -0.4 is 11.0 Å². The molecule has 0 heterocycles. The predicted molar refractivity (Wildman–Crippen MR) is 80.1 cm³/mol. The highest BCUT2D eigenvalue weighted by Crippen LogP contribution is 2.38. The van der Waals surface area contributed by atoms with Crippen molar-refractivity contribution in [3.05, 3.63) is 48.0 Å². The Morgan fingerprint density at radius 3 is 2.16 bits per heavy atom. The van der Waals surface area contributed by atoms with Crippen LogP contribution in [0.25, 0.3) is 11.1 Å². The van der Waals surface area contributed by atoms with E-state index in [9.17, 15) is 4.57 Å². The summed E-state index contributed by atoms with van der Waals surface area (Å²) in [5.41, 5.74) is 9.00. The average Bonchev–Trinajstić information content (AvgIpc) is 2.38. The number of hydrogen-bond acceptors (Lipinski definition) is 3. The van der Waals surface area contributed by atoms with E-state index in [-0.39, 0.29) is 0 Å². The van der Waals surface area contributed by atoms with Gasteiger partial charge in [-0.3, -0.25) is 0 Å². The van der Waals surface area contributed by atoms with Gasteiger partial charge in [0.1, 0.15) is 7.14 Å². The minimum Gasteiger partial charge on any atom is -0.398 e. The van der Waals surface area contributed by atoms with E-state index in [1.165, 1.54) is 0 Å². The van der Waals surface area contributed by atoms with Crippen LogP contribution in [0.2, 0.25) is 0 Å². The fourth-order valence-corrected chi connectivity index (χ4v) is 3.07. The van der Waals surface area contributed by atoms with Crippen molar-refractivity contribution in [2.24, 2.45) is 0 Å². The fraction of sp³-hybridized carbons (Fsp3) is 0.133. The zero-order valence-corrected chi connectivity index (χ0v) is 11.8. The molecular formula is C15H15N2OP. The Morgan fingerprint density at radius 2 is 1.63 bits per heavy atom. The van der Waals surface area contributed by atoms with Crippen molar-refractivity contribution in [1.82, 2.24) is 0 Å². The number of rotatable bonds is 2. The first-order valence-corrected chi connectivity index (χ1v) is 8.47. The fourth-order valence-electron chi connectivity index (χ4n) is 1.93. The molecule has 96 valence electrons. The van der Waals surface area contributed by atoms with E-state index in [2.05, 4.69) is 6.07 Å². The monoisotopic (exact) mass is 270 g/mol. The van der Waals surface area contributed by atoms with Gasteiger partial charge in [0.05, 0.1) is 11.6 Å². The molecule has 2 rings (SSSR count). The molecule has 0 saturated heterocycles. The van der Waals surface area contributed by atoms with Gasteiger partial charge in [0.15, 0.2) is 0 Å². The van der Waals surface area contributed by atoms with E-state index in [1.54, 1.807) is 31.5 Å². The number of nitriles is 1. The van der Waals surface area contributed by atoms with Crippen LogP contribution in [0.5, 0.6) is 0 Å². The largest absolute Gasteiger partial charge is 0.398 e. The second-order valence-electron chi connectivity index (χ2n) is 4.81. The van der Waals surface area contributed by atoms with Gasteiger partial charge in [0, 0.05) is 11.0 Å². The molecule has 2 aromatic rings. The molecule has 2 N–H and O–H groups in total. The SMILES string of the molecule is CP(C)(=O)c1cc(-c2ccc(C#N)cc2)ccc1N. The van der Waals surface area contributed by atoms with Crippen molar-refractivity contribution in [2.45, 2.75) is 0 Å². The lowest BCUT2D eigenvalue weighted by molar-refractivity contribution is 0.588. The molecule has 0 unspecified atom stereocenters. The number of nitrogens with zero attached hydrogens (tertiary/aromatic N) is 1. The van der Waals surface area contributed by atoms with Crippen LogP contribution in [0.4, 0.5) is 5.69 Å². The molecule has 0 fully saturated rings. The lowest BCUT2D eigenvalue weighted by Gasteiger charge is -2.12. The third-order valence-electron chi connectivity index (χ3n) is 2.96. The summed E-state index contributed by atoms with van der Waals surface area (Å²) in [6.45, 7) is 3.42. The number of nitrogen functional groups attached to an aromatic ring is 1. The third kappa shape index (κ3) is 2.86. The zero-order chi connectivity index (χ0) is 14.0.